The van der Waals surface area contributed by atoms with Crippen LogP contribution in [0.2, 0.25) is 0 Å². The van der Waals surface area contributed by atoms with Crippen molar-refractivity contribution >= 4 is 17.7 Å². The Morgan fingerprint density at radius 3 is 2.59 bits per heavy atom. The Bertz CT molecular complexity index is 1080. The second-order valence-electron chi connectivity index (χ2n) is 7.87. The number of methoxy groups -OCH3 is 1. The number of hydrogen-bond donors (Lipinski definition) is 0. The number of amides is 1. The Kier molecular flexibility index (Phi) is 7.12. The lowest BCUT2D eigenvalue weighted by Gasteiger charge is -2.32. The van der Waals surface area contributed by atoms with Gasteiger partial charge in [-0.1, -0.05) is 36.0 Å². The Labute approximate surface area is 193 Å². The molecule has 1 amide bonds. The molecule has 0 radical (unpaired) electrons. The van der Waals surface area contributed by atoms with E-state index in [2.05, 4.69) is 39.7 Å². The number of thioether (sulfide) groups is 1. The van der Waals surface area contributed by atoms with Gasteiger partial charge < -0.3 is 19.1 Å². The molecule has 3 aromatic rings. The van der Waals surface area contributed by atoms with E-state index >= 15 is 0 Å². The molecule has 1 saturated heterocycles. The number of nitrogens with zero attached hydrogens (tertiary/aromatic N) is 5. The Morgan fingerprint density at radius 2 is 1.84 bits per heavy atom. The van der Waals surface area contributed by atoms with Crippen molar-refractivity contribution in [2.24, 2.45) is 0 Å². The van der Waals surface area contributed by atoms with Gasteiger partial charge >= 0.3 is 0 Å². The molecule has 4 rings (SSSR count). The van der Waals surface area contributed by atoms with Gasteiger partial charge in [0, 0.05) is 49.6 Å². The summed E-state index contributed by atoms with van der Waals surface area (Å²) >= 11 is 1.63. The molecule has 1 aromatic heterocycles. The van der Waals surface area contributed by atoms with E-state index < -0.39 is 0 Å². The summed E-state index contributed by atoms with van der Waals surface area (Å²) in [7, 11) is 3.75. The van der Waals surface area contributed by atoms with E-state index in [9.17, 15) is 4.79 Å². The van der Waals surface area contributed by atoms with Crippen LogP contribution in [0.3, 0.4) is 0 Å². The second-order valence-corrected chi connectivity index (χ2v) is 8.81. The first-order chi connectivity index (χ1) is 15.6. The van der Waals surface area contributed by atoms with Crippen LogP contribution in [0, 0.1) is 0 Å². The van der Waals surface area contributed by atoms with Crippen molar-refractivity contribution in [1.29, 1.82) is 0 Å². The highest BCUT2D eigenvalue weighted by Crippen LogP contribution is 2.28. The van der Waals surface area contributed by atoms with E-state index in [1.165, 1.54) is 0 Å². The minimum Gasteiger partial charge on any atom is -0.497 e. The van der Waals surface area contributed by atoms with Crippen molar-refractivity contribution < 1.29 is 9.53 Å². The van der Waals surface area contributed by atoms with Gasteiger partial charge in [-0.2, -0.15) is 0 Å². The number of piperazine rings is 1. The topological polar surface area (TPSA) is 63.5 Å². The lowest BCUT2D eigenvalue weighted by atomic mass is 10.1. The molecule has 1 aliphatic rings. The standard InChI is InChI=1S/C24H29N5O2S/c1-4-29-22(19-8-6-10-21(16-19)31-3)25-26-24(29)32-17-18-7-5-9-20(15-18)23(30)28-13-11-27(2)12-14-28/h5-10,15-16H,4,11-14,17H2,1-3H3. The number of carbonyl (C=O) groups is 1. The highest BCUT2D eigenvalue weighted by atomic mass is 32.2. The third kappa shape index (κ3) is 4.97. The molecule has 0 spiro atoms. The third-order valence-electron chi connectivity index (χ3n) is 5.69. The van der Waals surface area contributed by atoms with Crippen LogP contribution in [-0.4, -0.2) is 70.8 Å². The van der Waals surface area contributed by atoms with Crippen LogP contribution in [0.25, 0.3) is 11.4 Å². The maximum atomic E-state index is 12.9. The van der Waals surface area contributed by atoms with Crippen LogP contribution in [0.15, 0.2) is 53.7 Å². The van der Waals surface area contributed by atoms with Gasteiger partial charge in [-0.15, -0.1) is 10.2 Å². The zero-order valence-electron chi connectivity index (χ0n) is 18.8. The van der Waals surface area contributed by atoms with Crippen LogP contribution < -0.4 is 4.74 Å². The quantitative estimate of drug-likeness (QED) is 0.511. The predicted molar refractivity (Wildman–Crippen MR) is 127 cm³/mol. The van der Waals surface area contributed by atoms with Gasteiger partial charge in [0.25, 0.3) is 5.91 Å². The van der Waals surface area contributed by atoms with E-state index in [0.717, 1.165) is 71.9 Å². The summed E-state index contributed by atoms with van der Waals surface area (Å²) in [5.41, 5.74) is 2.83. The molecule has 0 aliphatic carbocycles. The number of aromatic nitrogens is 3. The molecule has 1 aliphatic heterocycles. The molecule has 2 heterocycles. The summed E-state index contributed by atoms with van der Waals surface area (Å²) in [5, 5.41) is 9.72. The van der Waals surface area contributed by atoms with Crippen LogP contribution in [0.5, 0.6) is 5.75 Å². The summed E-state index contributed by atoms with van der Waals surface area (Å²) < 4.78 is 7.46. The SMILES string of the molecule is CCn1c(SCc2cccc(C(=O)N3CCN(C)CC3)c2)nnc1-c1cccc(OC)c1. The molecule has 32 heavy (non-hydrogen) atoms. The minimum atomic E-state index is 0.113. The number of benzene rings is 2. The van der Waals surface area contributed by atoms with Gasteiger partial charge in [-0.25, -0.2) is 0 Å². The van der Waals surface area contributed by atoms with Crippen LogP contribution in [0.4, 0.5) is 0 Å². The fourth-order valence-corrected chi connectivity index (χ4v) is 4.74. The molecule has 0 unspecified atom stereocenters. The lowest BCUT2D eigenvalue weighted by molar-refractivity contribution is 0.0664. The average molecular weight is 452 g/mol. The summed E-state index contributed by atoms with van der Waals surface area (Å²) in [5.74, 6) is 2.46. The molecular weight excluding hydrogens is 422 g/mol. The van der Waals surface area contributed by atoms with Gasteiger partial charge in [0.15, 0.2) is 11.0 Å². The summed E-state index contributed by atoms with van der Waals surface area (Å²) in [6.07, 6.45) is 0. The van der Waals surface area contributed by atoms with E-state index in [0.29, 0.717) is 0 Å². The van der Waals surface area contributed by atoms with E-state index in [-0.39, 0.29) is 5.91 Å². The lowest BCUT2D eigenvalue weighted by Crippen LogP contribution is -2.47. The monoisotopic (exact) mass is 451 g/mol. The van der Waals surface area contributed by atoms with Gasteiger partial charge in [0.1, 0.15) is 5.75 Å². The van der Waals surface area contributed by atoms with Gasteiger partial charge in [-0.3, -0.25) is 4.79 Å². The molecule has 8 heteroatoms. The highest BCUT2D eigenvalue weighted by molar-refractivity contribution is 7.98. The Morgan fingerprint density at radius 1 is 1.06 bits per heavy atom. The summed E-state index contributed by atoms with van der Waals surface area (Å²) in [6, 6.07) is 15.8. The molecule has 0 saturated carbocycles. The molecule has 0 N–H and O–H groups in total. The molecular formula is C24H29N5O2S. The van der Waals surface area contributed by atoms with Crippen molar-refractivity contribution in [1.82, 2.24) is 24.6 Å². The first kappa shape index (κ1) is 22.4. The fourth-order valence-electron chi connectivity index (χ4n) is 3.79. The van der Waals surface area contributed by atoms with Gasteiger partial charge in [0.05, 0.1) is 7.11 Å². The minimum absolute atomic E-state index is 0.113. The van der Waals surface area contributed by atoms with Crippen LogP contribution >= 0.6 is 11.8 Å². The molecule has 0 bridgehead atoms. The van der Waals surface area contributed by atoms with Gasteiger partial charge in [0.2, 0.25) is 0 Å². The molecule has 168 valence electrons. The zero-order chi connectivity index (χ0) is 22.5. The molecule has 7 nitrogen and oxygen atoms in total. The molecule has 0 atom stereocenters. The second kappa shape index (κ2) is 10.2. The third-order valence-corrected chi connectivity index (χ3v) is 6.73. The van der Waals surface area contributed by atoms with Crippen molar-refractivity contribution in [2.45, 2.75) is 24.4 Å². The van der Waals surface area contributed by atoms with E-state index in [1.54, 1.807) is 18.9 Å². The van der Waals surface area contributed by atoms with Gasteiger partial charge in [-0.05, 0) is 43.8 Å². The Hall–Kier alpha value is -2.84. The summed E-state index contributed by atoms with van der Waals surface area (Å²) in [6.45, 7) is 6.26. The number of hydrogen-bond acceptors (Lipinski definition) is 6. The first-order valence-electron chi connectivity index (χ1n) is 10.9. The largest absolute Gasteiger partial charge is 0.497 e. The maximum Gasteiger partial charge on any atom is 0.253 e. The average Bonchev–Trinajstić information content (AvgIpc) is 3.26. The first-order valence-corrected chi connectivity index (χ1v) is 11.8. The van der Waals surface area contributed by atoms with Crippen molar-refractivity contribution in [3.8, 4) is 17.1 Å². The van der Waals surface area contributed by atoms with E-state index in [1.807, 2.05) is 47.4 Å². The summed E-state index contributed by atoms with van der Waals surface area (Å²) in [4.78, 5) is 17.1. The maximum absolute atomic E-state index is 12.9. The number of carbonyl (C=O) groups excluding carboxylic acids is 1. The van der Waals surface area contributed by atoms with Crippen LogP contribution in [0.1, 0.15) is 22.8 Å². The fraction of sp³-hybridized carbons (Fsp3) is 0.375. The molecule has 2 aromatic carbocycles. The highest BCUT2D eigenvalue weighted by Gasteiger charge is 2.20. The molecule has 1 fully saturated rings. The van der Waals surface area contributed by atoms with Crippen molar-refractivity contribution in [3.63, 3.8) is 0 Å². The number of likely N-dealkylation sites (N-methyl/N-ethyl adjacent to an activating group) is 1. The van der Waals surface area contributed by atoms with Crippen molar-refractivity contribution in [3.05, 3.63) is 59.7 Å². The smallest absolute Gasteiger partial charge is 0.253 e. The normalized spacial score (nSPS) is 14.5. The van der Waals surface area contributed by atoms with E-state index in [4.69, 9.17) is 4.74 Å². The zero-order valence-corrected chi connectivity index (χ0v) is 19.6. The number of ether oxygens (including phenoxy) is 1. The predicted octanol–water partition coefficient (Wildman–Crippen LogP) is 3.65. The number of rotatable bonds is 7. The Balaban J connectivity index is 1.46. The van der Waals surface area contributed by atoms with Crippen molar-refractivity contribution in [2.75, 3.05) is 40.3 Å². The van der Waals surface area contributed by atoms with Crippen LogP contribution in [-0.2, 0) is 12.3 Å².